The lowest BCUT2D eigenvalue weighted by atomic mass is 9.78. The summed E-state index contributed by atoms with van der Waals surface area (Å²) in [5, 5.41) is 40.5. The number of carbonyl (C=O) groups is 6. The number of fused-ring (bicyclic) bond motifs is 3. The summed E-state index contributed by atoms with van der Waals surface area (Å²) in [7, 11) is 4.54. The average molecular weight is 1050 g/mol. The highest BCUT2D eigenvalue weighted by molar-refractivity contribution is 6.39. The van der Waals surface area contributed by atoms with Crippen LogP contribution < -0.4 is 0 Å². The highest BCUT2D eigenvalue weighted by Gasteiger charge is 2.53. The van der Waals surface area contributed by atoms with Gasteiger partial charge in [-0.25, -0.2) is 9.48 Å². The van der Waals surface area contributed by atoms with Crippen LogP contribution in [-0.2, 0) is 70.3 Å². The second kappa shape index (κ2) is 28.6. The molecule has 19 heteroatoms. The van der Waals surface area contributed by atoms with E-state index in [1.165, 1.54) is 22.9 Å². The first kappa shape index (κ1) is 61.1. The van der Waals surface area contributed by atoms with Gasteiger partial charge in [0.15, 0.2) is 5.78 Å². The van der Waals surface area contributed by atoms with Crippen LogP contribution in [0.2, 0.25) is 0 Å². The molecule has 0 aromatic carbocycles. The zero-order valence-corrected chi connectivity index (χ0v) is 45.8. The summed E-state index contributed by atoms with van der Waals surface area (Å²) < 4.78 is 37.3. The Hall–Kier alpha value is -4.76. The number of aliphatic carboxylic acids is 1. The second-order valence-electron chi connectivity index (χ2n) is 21.7. The molecule has 2 bridgehead atoms. The largest absolute Gasteiger partial charge is 0.480 e. The van der Waals surface area contributed by atoms with E-state index in [2.05, 4.69) is 10.3 Å². The molecule has 0 unspecified atom stereocenters. The number of amides is 1. The number of aliphatic hydroxyl groups is 2. The predicted molar refractivity (Wildman–Crippen MR) is 275 cm³/mol. The molecule has 3 N–H and O–H groups in total. The number of nitrogens with zero attached hydrogens (tertiary/aromatic N) is 4. The summed E-state index contributed by atoms with van der Waals surface area (Å²) in [6.45, 7) is 12.4. The molecular formula is C56H84N4O15. The van der Waals surface area contributed by atoms with Crippen molar-refractivity contribution in [2.24, 2.45) is 35.5 Å². The van der Waals surface area contributed by atoms with Gasteiger partial charge in [0, 0.05) is 58.5 Å². The summed E-state index contributed by atoms with van der Waals surface area (Å²) >= 11 is 0. The Kier molecular flexibility index (Phi) is 23.3. The van der Waals surface area contributed by atoms with Crippen molar-refractivity contribution in [2.45, 2.75) is 193 Å². The van der Waals surface area contributed by atoms with E-state index in [9.17, 15) is 39.0 Å². The average Bonchev–Trinajstić information content (AvgIpc) is 3.83. The van der Waals surface area contributed by atoms with Crippen LogP contribution >= 0.6 is 0 Å². The number of hydrogen-bond acceptors (Lipinski definition) is 16. The number of cyclic esters (lactones) is 1. The molecule has 19 nitrogen and oxygen atoms in total. The third kappa shape index (κ3) is 16.6. The number of hydrogen-bond donors (Lipinski definition) is 3. The van der Waals surface area contributed by atoms with Gasteiger partial charge in [0.25, 0.3) is 11.7 Å². The SMILES string of the molecule is CO[C@H]1C[C@@H]2CC[C@@H](C)[C@@](O)(O2)C(=O)C(=O)N2CCCC[C@H]2C(=O)O[C@H]([C@H](C)C[C@@H]2CC[C@@H](OCc3cn(CC(=O)O)nn3)[C@H](OC)C2)CC(=O)[C@H](C)/C=C(\C)[C@@H](O)[C@@H](OC)C(=O)[C@H](C)C[C@H](C)/C=C/C=CC=C1C. The van der Waals surface area contributed by atoms with Crippen molar-refractivity contribution < 1.29 is 72.5 Å². The fourth-order valence-electron chi connectivity index (χ4n) is 11.1. The van der Waals surface area contributed by atoms with Crippen LogP contribution in [0.15, 0.2) is 53.8 Å². The third-order valence-corrected chi connectivity index (χ3v) is 15.8. The lowest BCUT2D eigenvalue weighted by Gasteiger charge is -2.42. The van der Waals surface area contributed by atoms with Gasteiger partial charge in [0.1, 0.15) is 42.4 Å². The Morgan fingerprint density at radius 2 is 1.64 bits per heavy atom. The molecule has 0 radical (unpaired) electrons. The maximum atomic E-state index is 14.6. The van der Waals surface area contributed by atoms with E-state index in [4.69, 9.17) is 33.5 Å². The number of allylic oxidation sites excluding steroid dienone is 6. The highest BCUT2D eigenvalue weighted by atomic mass is 16.6. The van der Waals surface area contributed by atoms with E-state index in [0.717, 1.165) is 12.0 Å². The van der Waals surface area contributed by atoms with E-state index >= 15 is 0 Å². The van der Waals surface area contributed by atoms with Gasteiger partial charge in [-0.3, -0.25) is 24.0 Å². The number of piperidine rings is 1. The van der Waals surface area contributed by atoms with E-state index < -0.39 is 89.6 Å². The minimum Gasteiger partial charge on any atom is -0.480 e. The topological polar surface area (TPSA) is 252 Å². The molecule has 0 spiro atoms. The Morgan fingerprint density at radius 3 is 2.33 bits per heavy atom. The van der Waals surface area contributed by atoms with E-state index in [0.29, 0.717) is 69.1 Å². The van der Waals surface area contributed by atoms with Crippen LogP contribution in [0.4, 0.5) is 0 Å². The maximum absolute atomic E-state index is 14.6. The molecule has 5 rings (SSSR count). The number of rotatable bonds is 11. The molecular weight excluding hydrogens is 969 g/mol. The molecule has 3 fully saturated rings. The Morgan fingerprint density at radius 1 is 0.893 bits per heavy atom. The van der Waals surface area contributed by atoms with Crippen LogP contribution in [0, 0.1) is 35.5 Å². The Labute approximate surface area is 442 Å². The van der Waals surface area contributed by atoms with E-state index in [1.54, 1.807) is 48.0 Å². The Balaban J connectivity index is 1.42. The molecule has 75 heavy (non-hydrogen) atoms. The number of aromatic nitrogens is 3. The normalized spacial score (nSPS) is 35.4. The molecule has 1 aromatic heterocycles. The lowest BCUT2D eigenvalue weighted by Crippen LogP contribution is -2.61. The fraction of sp³-hybridized carbons (Fsp3) is 0.714. The second-order valence-corrected chi connectivity index (χ2v) is 21.7. The molecule has 1 aromatic rings. The number of esters is 1. The number of Topliss-reactive ketones (excluding diaryl/α,β-unsaturated/α-hetero) is 3. The van der Waals surface area contributed by atoms with Gasteiger partial charge in [0.05, 0.1) is 37.2 Å². The Bertz CT molecular complexity index is 2240. The van der Waals surface area contributed by atoms with Crippen LogP contribution in [0.5, 0.6) is 0 Å². The van der Waals surface area contributed by atoms with Gasteiger partial charge in [-0.15, -0.1) is 5.10 Å². The van der Waals surface area contributed by atoms with Gasteiger partial charge in [-0.05, 0) is 107 Å². The number of aliphatic hydroxyl groups excluding tert-OH is 1. The van der Waals surface area contributed by atoms with Gasteiger partial charge < -0.3 is 48.6 Å². The maximum Gasteiger partial charge on any atom is 0.329 e. The van der Waals surface area contributed by atoms with Crippen molar-refractivity contribution in [3.8, 4) is 0 Å². The lowest BCUT2D eigenvalue weighted by molar-refractivity contribution is -0.265. The highest BCUT2D eigenvalue weighted by Crippen LogP contribution is 2.38. The number of ketones is 3. The van der Waals surface area contributed by atoms with Crippen molar-refractivity contribution >= 4 is 35.2 Å². The zero-order valence-electron chi connectivity index (χ0n) is 45.8. The first-order valence-corrected chi connectivity index (χ1v) is 26.8. The summed E-state index contributed by atoms with van der Waals surface area (Å²) in [5.41, 5.74) is 1.71. The summed E-state index contributed by atoms with van der Waals surface area (Å²) in [5.74, 6) is -9.35. The molecule has 4 aliphatic rings. The van der Waals surface area contributed by atoms with E-state index in [1.807, 2.05) is 51.2 Å². The fourth-order valence-corrected chi connectivity index (χ4v) is 11.1. The van der Waals surface area contributed by atoms with Crippen molar-refractivity contribution in [1.82, 2.24) is 19.9 Å². The van der Waals surface area contributed by atoms with Gasteiger partial charge in [0.2, 0.25) is 5.79 Å². The molecule has 15 atom stereocenters. The quantitative estimate of drug-likeness (QED) is 0.129. The smallest absolute Gasteiger partial charge is 0.329 e. The summed E-state index contributed by atoms with van der Waals surface area (Å²) in [6, 6.07) is -1.18. The van der Waals surface area contributed by atoms with Gasteiger partial charge in [-0.1, -0.05) is 76.3 Å². The van der Waals surface area contributed by atoms with Crippen molar-refractivity contribution in [1.29, 1.82) is 0 Å². The first-order chi connectivity index (χ1) is 35.6. The monoisotopic (exact) mass is 1050 g/mol. The van der Waals surface area contributed by atoms with Crippen LogP contribution in [0.1, 0.15) is 131 Å². The molecule has 1 amide bonds. The molecule has 3 aliphatic heterocycles. The first-order valence-electron chi connectivity index (χ1n) is 26.8. The van der Waals surface area contributed by atoms with Crippen molar-refractivity contribution in [2.75, 3.05) is 27.9 Å². The molecule has 1 aliphatic carbocycles. The predicted octanol–water partition coefficient (Wildman–Crippen LogP) is 6.08. The van der Waals surface area contributed by atoms with Crippen LogP contribution in [0.3, 0.4) is 0 Å². The standard InChI is InChI=1S/C56H84N4O15/c1-33-16-12-11-13-17-34(2)46(70-8)28-42-21-19-39(7)56(69,75-42)53(66)54(67)60-23-15-14-18-43(60)55(68)74-47(29-44(61)35(3)25-38(6)51(65)52(72-10)50(64)37(5)24-33)36(4)26-40-20-22-45(48(27-40)71-9)73-32-41-30-59(58-57-41)31-49(62)63/h11-13,16-17,25,30,33,35-37,39-40,42-43,45-48,51-52,65,69H,14-15,18-24,26-29,31-32H2,1-10H3,(H,62,63)/b13-11?,16-12+,34-17?,38-25+/t33-,35-,36-,37-,39-,40+,42+,43+,45-,46+,47+,48-,51-,52+,56-/m1/s1. The summed E-state index contributed by atoms with van der Waals surface area (Å²) in [4.78, 5) is 83.7. The number of ether oxygens (including phenoxy) is 6. The van der Waals surface area contributed by atoms with Crippen molar-refractivity contribution in [3.63, 3.8) is 0 Å². The number of methoxy groups -OCH3 is 3. The van der Waals surface area contributed by atoms with Gasteiger partial charge >= 0.3 is 11.9 Å². The summed E-state index contributed by atoms with van der Waals surface area (Å²) in [6.07, 6.45) is 12.7. The van der Waals surface area contributed by atoms with Crippen LogP contribution in [0.25, 0.3) is 0 Å². The minimum atomic E-state index is -2.46. The van der Waals surface area contributed by atoms with Crippen LogP contribution in [-0.4, -0.2) is 153 Å². The van der Waals surface area contributed by atoms with Crippen molar-refractivity contribution in [3.05, 3.63) is 59.5 Å². The number of carboxylic acids is 1. The molecule has 1 saturated carbocycles. The number of carbonyl (C=O) groups excluding carboxylic acids is 5. The molecule has 2 saturated heterocycles. The third-order valence-electron chi connectivity index (χ3n) is 15.8. The molecule has 4 heterocycles. The molecule has 418 valence electrons. The number of carboxylic acid groups (broad SMARTS) is 1. The zero-order chi connectivity index (χ0) is 55.1. The minimum absolute atomic E-state index is 0.000277. The van der Waals surface area contributed by atoms with E-state index in [-0.39, 0.29) is 68.1 Å². The van der Waals surface area contributed by atoms with Gasteiger partial charge in [-0.2, -0.15) is 0 Å².